The van der Waals surface area contributed by atoms with Gasteiger partial charge in [-0.3, -0.25) is 0 Å². The van der Waals surface area contributed by atoms with Crippen LogP contribution in [0.2, 0.25) is 0 Å². The molecule has 0 spiro atoms. The van der Waals surface area contributed by atoms with Crippen LogP contribution in [0.3, 0.4) is 0 Å². The first-order valence-electron chi connectivity index (χ1n) is 7.55. The molecule has 2 aromatic carbocycles. The summed E-state index contributed by atoms with van der Waals surface area (Å²) in [6.45, 7) is 3.14. The molecule has 2 heteroatoms. The van der Waals surface area contributed by atoms with E-state index >= 15 is 0 Å². The molecular formula is C19H25NO. The lowest BCUT2D eigenvalue weighted by Gasteiger charge is -2.19. The molecule has 1 N–H and O–H groups in total. The van der Waals surface area contributed by atoms with E-state index in [0.717, 1.165) is 25.1 Å². The quantitative estimate of drug-likeness (QED) is 0.838. The van der Waals surface area contributed by atoms with Crippen LogP contribution in [0.5, 0.6) is 5.75 Å². The molecular weight excluding hydrogens is 258 g/mol. The van der Waals surface area contributed by atoms with Crippen LogP contribution in [0.1, 0.15) is 16.7 Å². The average Bonchev–Trinajstić information content (AvgIpc) is 2.49. The summed E-state index contributed by atoms with van der Waals surface area (Å²) in [5, 5.41) is 3.32. The Labute approximate surface area is 128 Å². The van der Waals surface area contributed by atoms with Crippen LogP contribution in [0, 0.1) is 12.8 Å². The molecule has 1 atom stereocenters. The van der Waals surface area contributed by atoms with Gasteiger partial charge in [-0.25, -0.2) is 0 Å². The van der Waals surface area contributed by atoms with E-state index in [1.54, 1.807) is 7.11 Å². The number of hydrogen-bond acceptors (Lipinski definition) is 2. The molecule has 2 aromatic rings. The molecule has 2 nitrogen and oxygen atoms in total. The number of hydrogen-bond donors (Lipinski definition) is 1. The number of rotatable bonds is 7. The highest BCUT2D eigenvalue weighted by atomic mass is 16.5. The molecule has 0 saturated heterocycles. The van der Waals surface area contributed by atoms with Gasteiger partial charge in [0.2, 0.25) is 0 Å². The maximum atomic E-state index is 5.51. The van der Waals surface area contributed by atoms with Crippen LogP contribution >= 0.6 is 0 Å². The first kappa shape index (κ1) is 15.6. The summed E-state index contributed by atoms with van der Waals surface area (Å²) in [4.78, 5) is 0. The lowest BCUT2D eigenvalue weighted by Crippen LogP contribution is -2.23. The van der Waals surface area contributed by atoms with Gasteiger partial charge in [-0.2, -0.15) is 0 Å². The molecule has 0 saturated carbocycles. The number of ether oxygens (including phenoxy) is 1. The predicted octanol–water partition coefficient (Wildman–Crippen LogP) is 3.62. The van der Waals surface area contributed by atoms with Crippen LogP contribution in [0.15, 0.2) is 48.5 Å². The van der Waals surface area contributed by atoms with Crippen molar-refractivity contribution in [2.45, 2.75) is 19.8 Å². The van der Waals surface area contributed by atoms with Crippen molar-refractivity contribution in [2.75, 3.05) is 20.7 Å². The SMILES string of the molecule is CNCC(Cc1ccccc1)Cc1cc(C)ccc1OC. The predicted molar refractivity (Wildman–Crippen MR) is 89.0 cm³/mol. The van der Waals surface area contributed by atoms with Crippen molar-refractivity contribution in [1.29, 1.82) is 0 Å². The van der Waals surface area contributed by atoms with E-state index in [1.807, 2.05) is 7.05 Å². The van der Waals surface area contributed by atoms with Crippen molar-refractivity contribution in [3.8, 4) is 5.75 Å². The van der Waals surface area contributed by atoms with Crippen LogP contribution in [-0.4, -0.2) is 20.7 Å². The van der Waals surface area contributed by atoms with E-state index in [9.17, 15) is 0 Å². The summed E-state index contributed by atoms with van der Waals surface area (Å²) in [6, 6.07) is 17.1. The standard InChI is InChI=1S/C19H25NO/c1-15-9-10-19(21-3)18(11-15)13-17(14-20-2)12-16-7-5-4-6-8-16/h4-11,17,20H,12-14H2,1-3H3. The fourth-order valence-corrected chi connectivity index (χ4v) is 2.83. The molecule has 0 bridgehead atoms. The van der Waals surface area contributed by atoms with Crippen LogP contribution in [0.4, 0.5) is 0 Å². The minimum atomic E-state index is 0.563. The van der Waals surface area contributed by atoms with Gasteiger partial charge in [0, 0.05) is 0 Å². The average molecular weight is 283 g/mol. The smallest absolute Gasteiger partial charge is 0.122 e. The van der Waals surface area contributed by atoms with Gasteiger partial charge in [0.05, 0.1) is 7.11 Å². The molecule has 0 aromatic heterocycles. The lowest BCUT2D eigenvalue weighted by atomic mass is 9.91. The number of methoxy groups -OCH3 is 1. The Morgan fingerprint density at radius 1 is 1.05 bits per heavy atom. The van der Waals surface area contributed by atoms with Crippen LogP contribution < -0.4 is 10.1 Å². The Bertz CT molecular complexity index is 551. The zero-order chi connectivity index (χ0) is 15.1. The van der Waals surface area contributed by atoms with Crippen molar-refractivity contribution >= 4 is 0 Å². The van der Waals surface area contributed by atoms with Gasteiger partial charge in [0.1, 0.15) is 5.75 Å². The molecule has 0 fully saturated rings. The highest BCUT2D eigenvalue weighted by molar-refractivity contribution is 5.37. The monoisotopic (exact) mass is 283 g/mol. The zero-order valence-electron chi connectivity index (χ0n) is 13.2. The van der Waals surface area contributed by atoms with Crippen molar-refractivity contribution in [3.63, 3.8) is 0 Å². The lowest BCUT2D eigenvalue weighted by molar-refractivity contribution is 0.401. The van der Waals surface area contributed by atoms with E-state index in [2.05, 4.69) is 60.8 Å². The molecule has 0 aliphatic carbocycles. The topological polar surface area (TPSA) is 21.3 Å². The third-order valence-electron chi connectivity index (χ3n) is 3.80. The Hall–Kier alpha value is -1.80. The number of aryl methyl sites for hydroxylation is 1. The molecule has 0 radical (unpaired) electrons. The van der Waals surface area contributed by atoms with Crippen molar-refractivity contribution < 1.29 is 4.74 Å². The molecule has 0 amide bonds. The van der Waals surface area contributed by atoms with E-state index in [0.29, 0.717) is 5.92 Å². The zero-order valence-corrected chi connectivity index (χ0v) is 13.2. The summed E-state index contributed by atoms with van der Waals surface area (Å²) >= 11 is 0. The third kappa shape index (κ3) is 4.61. The van der Waals surface area contributed by atoms with Crippen molar-refractivity contribution in [3.05, 3.63) is 65.2 Å². The summed E-state index contributed by atoms with van der Waals surface area (Å²) in [6.07, 6.45) is 2.11. The van der Waals surface area contributed by atoms with Crippen LogP contribution in [-0.2, 0) is 12.8 Å². The molecule has 0 heterocycles. The molecule has 21 heavy (non-hydrogen) atoms. The first-order valence-corrected chi connectivity index (χ1v) is 7.55. The third-order valence-corrected chi connectivity index (χ3v) is 3.80. The minimum Gasteiger partial charge on any atom is -0.496 e. The van der Waals surface area contributed by atoms with Crippen LogP contribution in [0.25, 0.3) is 0 Å². The second-order valence-electron chi connectivity index (χ2n) is 5.63. The Morgan fingerprint density at radius 3 is 2.48 bits per heavy atom. The van der Waals surface area contributed by atoms with Gasteiger partial charge >= 0.3 is 0 Å². The molecule has 112 valence electrons. The Morgan fingerprint density at radius 2 is 1.81 bits per heavy atom. The number of benzene rings is 2. The van der Waals surface area contributed by atoms with Gasteiger partial charge in [0.25, 0.3) is 0 Å². The maximum absolute atomic E-state index is 5.51. The van der Waals surface area contributed by atoms with E-state index in [4.69, 9.17) is 4.74 Å². The molecule has 1 unspecified atom stereocenters. The Kier molecular flexibility index (Phi) is 5.82. The van der Waals surface area contributed by atoms with E-state index in [-0.39, 0.29) is 0 Å². The fourth-order valence-electron chi connectivity index (χ4n) is 2.83. The summed E-state index contributed by atoms with van der Waals surface area (Å²) < 4.78 is 5.51. The molecule has 2 rings (SSSR count). The van der Waals surface area contributed by atoms with Crippen molar-refractivity contribution in [2.24, 2.45) is 5.92 Å². The summed E-state index contributed by atoms with van der Waals surface area (Å²) in [7, 11) is 3.77. The second-order valence-corrected chi connectivity index (χ2v) is 5.63. The van der Waals surface area contributed by atoms with Gasteiger partial charge in [-0.15, -0.1) is 0 Å². The van der Waals surface area contributed by atoms with E-state index < -0.39 is 0 Å². The number of nitrogens with one attached hydrogen (secondary N) is 1. The minimum absolute atomic E-state index is 0.563. The highest BCUT2D eigenvalue weighted by Crippen LogP contribution is 2.24. The van der Waals surface area contributed by atoms with Gasteiger partial charge in [0.15, 0.2) is 0 Å². The van der Waals surface area contributed by atoms with Gasteiger partial charge in [-0.05, 0) is 56.5 Å². The highest BCUT2D eigenvalue weighted by Gasteiger charge is 2.13. The van der Waals surface area contributed by atoms with Gasteiger partial charge in [-0.1, -0.05) is 48.0 Å². The van der Waals surface area contributed by atoms with Crippen molar-refractivity contribution in [1.82, 2.24) is 5.32 Å². The summed E-state index contributed by atoms with van der Waals surface area (Å²) in [5.74, 6) is 1.56. The second kappa shape index (κ2) is 7.84. The summed E-state index contributed by atoms with van der Waals surface area (Å²) in [5.41, 5.74) is 3.98. The normalized spacial score (nSPS) is 12.1. The first-order chi connectivity index (χ1) is 10.2. The molecule has 0 aliphatic rings. The molecule has 0 aliphatic heterocycles. The fraction of sp³-hybridized carbons (Fsp3) is 0.368. The largest absolute Gasteiger partial charge is 0.496 e. The van der Waals surface area contributed by atoms with E-state index in [1.165, 1.54) is 16.7 Å². The maximum Gasteiger partial charge on any atom is 0.122 e. The Balaban J connectivity index is 2.14. The van der Waals surface area contributed by atoms with Gasteiger partial charge < -0.3 is 10.1 Å².